The number of ether oxygens (including phenoxy) is 1. The second kappa shape index (κ2) is 6.26. The molecule has 1 aliphatic heterocycles. The van der Waals surface area contributed by atoms with Crippen LogP contribution < -0.4 is 10.2 Å². The van der Waals surface area contributed by atoms with Crippen LogP contribution >= 0.6 is 15.9 Å². The molecule has 0 aromatic carbocycles. The lowest BCUT2D eigenvalue weighted by Crippen LogP contribution is -2.49. The molecule has 20 heavy (non-hydrogen) atoms. The summed E-state index contributed by atoms with van der Waals surface area (Å²) in [6, 6.07) is 0.467. The minimum atomic E-state index is 0.373. The van der Waals surface area contributed by atoms with Crippen LogP contribution in [0.15, 0.2) is 10.8 Å². The fourth-order valence-corrected chi connectivity index (χ4v) is 3.69. The van der Waals surface area contributed by atoms with Gasteiger partial charge < -0.3 is 15.0 Å². The quantitative estimate of drug-likeness (QED) is 0.913. The van der Waals surface area contributed by atoms with Crippen molar-refractivity contribution in [2.75, 3.05) is 29.9 Å². The molecule has 5 nitrogen and oxygen atoms in total. The molecule has 1 aromatic rings. The maximum atomic E-state index is 5.87. The SMILES string of the molecule is CCCNc1ncnc(N2CCOC3CCCC32)c1Br. The Morgan fingerprint density at radius 2 is 2.35 bits per heavy atom. The summed E-state index contributed by atoms with van der Waals surface area (Å²) in [4.78, 5) is 11.2. The van der Waals surface area contributed by atoms with Gasteiger partial charge in [-0.25, -0.2) is 9.97 Å². The number of rotatable bonds is 4. The first-order chi connectivity index (χ1) is 9.81. The molecule has 1 aliphatic carbocycles. The van der Waals surface area contributed by atoms with E-state index in [2.05, 4.69) is 43.0 Å². The van der Waals surface area contributed by atoms with E-state index in [1.807, 2.05) is 0 Å². The van der Waals surface area contributed by atoms with Crippen molar-refractivity contribution in [1.29, 1.82) is 0 Å². The van der Waals surface area contributed by atoms with Gasteiger partial charge in [0.2, 0.25) is 0 Å². The largest absolute Gasteiger partial charge is 0.374 e. The summed E-state index contributed by atoms with van der Waals surface area (Å²) < 4.78 is 6.85. The highest BCUT2D eigenvalue weighted by Gasteiger charge is 2.37. The first-order valence-electron chi connectivity index (χ1n) is 7.44. The second-order valence-corrected chi connectivity index (χ2v) is 6.18. The summed E-state index contributed by atoms with van der Waals surface area (Å²) in [5.41, 5.74) is 0. The van der Waals surface area contributed by atoms with E-state index < -0.39 is 0 Å². The standard InChI is InChI=1S/C14H21BrN4O/c1-2-6-16-13-12(15)14(18-9-17-13)19-7-8-20-11-5-3-4-10(11)19/h9-11H,2-8H2,1H3,(H,16,17,18). The van der Waals surface area contributed by atoms with E-state index in [1.54, 1.807) is 6.33 Å². The number of fused-ring (bicyclic) bond motifs is 1. The van der Waals surface area contributed by atoms with Crippen LogP contribution in [0.2, 0.25) is 0 Å². The van der Waals surface area contributed by atoms with Crippen LogP contribution in [-0.4, -0.2) is 41.8 Å². The Morgan fingerprint density at radius 1 is 1.45 bits per heavy atom. The van der Waals surface area contributed by atoms with E-state index in [9.17, 15) is 0 Å². The monoisotopic (exact) mass is 340 g/mol. The molecule has 2 atom stereocenters. The number of anilines is 2. The molecule has 3 rings (SSSR count). The molecule has 0 amide bonds. The number of morpholine rings is 1. The van der Waals surface area contributed by atoms with E-state index >= 15 is 0 Å². The molecule has 1 aromatic heterocycles. The van der Waals surface area contributed by atoms with Crippen molar-refractivity contribution in [3.05, 3.63) is 10.8 Å². The van der Waals surface area contributed by atoms with Crippen molar-refractivity contribution in [3.63, 3.8) is 0 Å². The first kappa shape index (κ1) is 14.1. The maximum absolute atomic E-state index is 5.87. The molecule has 2 heterocycles. The molecule has 6 heteroatoms. The predicted octanol–water partition coefficient (Wildman–Crippen LogP) is 2.82. The zero-order chi connectivity index (χ0) is 13.9. The number of nitrogens with zero attached hydrogens (tertiary/aromatic N) is 3. The molecule has 1 saturated heterocycles. The van der Waals surface area contributed by atoms with E-state index in [1.165, 1.54) is 19.3 Å². The minimum absolute atomic E-state index is 0.373. The van der Waals surface area contributed by atoms with Gasteiger partial charge in [-0.3, -0.25) is 0 Å². The molecule has 2 aliphatic rings. The maximum Gasteiger partial charge on any atom is 0.148 e. The Morgan fingerprint density at radius 3 is 3.20 bits per heavy atom. The van der Waals surface area contributed by atoms with Gasteiger partial charge in [0.05, 0.1) is 18.8 Å². The van der Waals surface area contributed by atoms with Crippen molar-refractivity contribution in [2.45, 2.75) is 44.8 Å². The summed E-state index contributed by atoms with van der Waals surface area (Å²) in [5, 5.41) is 3.35. The third-order valence-electron chi connectivity index (χ3n) is 4.07. The summed E-state index contributed by atoms with van der Waals surface area (Å²) in [6.45, 7) is 4.76. The lowest BCUT2D eigenvalue weighted by Gasteiger charge is -2.39. The molecular formula is C14H21BrN4O. The molecule has 0 spiro atoms. The van der Waals surface area contributed by atoms with Crippen LogP contribution in [0, 0.1) is 0 Å². The van der Waals surface area contributed by atoms with Crippen LogP contribution in [0.5, 0.6) is 0 Å². The Labute approximate surface area is 128 Å². The van der Waals surface area contributed by atoms with Gasteiger partial charge in [0.15, 0.2) is 0 Å². The van der Waals surface area contributed by atoms with Crippen LogP contribution in [0.25, 0.3) is 0 Å². The highest BCUT2D eigenvalue weighted by Crippen LogP contribution is 2.37. The predicted molar refractivity (Wildman–Crippen MR) is 83.2 cm³/mol. The van der Waals surface area contributed by atoms with Crippen LogP contribution in [0.4, 0.5) is 11.6 Å². The fraction of sp³-hybridized carbons (Fsp3) is 0.714. The third kappa shape index (κ3) is 2.63. The van der Waals surface area contributed by atoms with E-state index in [4.69, 9.17) is 4.74 Å². The lowest BCUT2D eigenvalue weighted by molar-refractivity contribution is 0.0252. The van der Waals surface area contributed by atoms with Gasteiger partial charge in [0.25, 0.3) is 0 Å². The first-order valence-corrected chi connectivity index (χ1v) is 8.23. The van der Waals surface area contributed by atoms with E-state index in [-0.39, 0.29) is 0 Å². The van der Waals surface area contributed by atoms with Crippen molar-refractivity contribution in [1.82, 2.24) is 9.97 Å². The number of halogens is 1. The topological polar surface area (TPSA) is 50.3 Å². The zero-order valence-corrected chi connectivity index (χ0v) is 13.4. The molecule has 2 fully saturated rings. The normalized spacial score (nSPS) is 25.6. The van der Waals surface area contributed by atoms with Gasteiger partial charge in [-0.2, -0.15) is 0 Å². The minimum Gasteiger partial charge on any atom is -0.374 e. The zero-order valence-electron chi connectivity index (χ0n) is 11.8. The summed E-state index contributed by atoms with van der Waals surface area (Å²) in [6.07, 6.45) is 6.71. The highest BCUT2D eigenvalue weighted by atomic mass is 79.9. The van der Waals surface area contributed by atoms with Gasteiger partial charge >= 0.3 is 0 Å². The van der Waals surface area contributed by atoms with Crippen molar-refractivity contribution in [3.8, 4) is 0 Å². The van der Waals surface area contributed by atoms with Gasteiger partial charge in [0, 0.05) is 13.1 Å². The van der Waals surface area contributed by atoms with Gasteiger partial charge in [-0.15, -0.1) is 0 Å². The fourth-order valence-electron chi connectivity index (χ4n) is 3.12. The van der Waals surface area contributed by atoms with E-state index in [0.29, 0.717) is 12.1 Å². The smallest absolute Gasteiger partial charge is 0.148 e. The Bertz CT molecular complexity index is 470. The number of hydrogen-bond donors (Lipinski definition) is 1. The van der Waals surface area contributed by atoms with Crippen LogP contribution in [0.1, 0.15) is 32.6 Å². The molecule has 1 saturated carbocycles. The third-order valence-corrected chi connectivity index (χ3v) is 4.80. The molecule has 1 N–H and O–H groups in total. The van der Waals surface area contributed by atoms with E-state index in [0.717, 1.165) is 42.2 Å². The summed E-state index contributed by atoms with van der Waals surface area (Å²) in [7, 11) is 0. The molecule has 0 bridgehead atoms. The van der Waals surface area contributed by atoms with Gasteiger partial charge in [-0.05, 0) is 41.6 Å². The average Bonchev–Trinajstić information content (AvgIpc) is 2.95. The van der Waals surface area contributed by atoms with Gasteiger partial charge in [0.1, 0.15) is 22.4 Å². The number of nitrogens with one attached hydrogen (secondary N) is 1. The van der Waals surface area contributed by atoms with Gasteiger partial charge in [-0.1, -0.05) is 6.92 Å². The second-order valence-electron chi connectivity index (χ2n) is 5.39. The molecule has 2 unspecified atom stereocenters. The Hall–Kier alpha value is -0.880. The number of aromatic nitrogens is 2. The highest BCUT2D eigenvalue weighted by molar-refractivity contribution is 9.10. The Kier molecular flexibility index (Phi) is 4.41. The lowest BCUT2D eigenvalue weighted by atomic mass is 10.1. The van der Waals surface area contributed by atoms with Crippen LogP contribution in [0.3, 0.4) is 0 Å². The molecule has 110 valence electrons. The van der Waals surface area contributed by atoms with Crippen molar-refractivity contribution < 1.29 is 4.74 Å². The van der Waals surface area contributed by atoms with Crippen molar-refractivity contribution in [2.24, 2.45) is 0 Å². The van der Waals surface area contributed by atoms with Crippen molar-refractivity contribution >= 4 is 27.6 Å². The average molecular weight is 341 g/mol. The summed E-state index contributed by atoms with van der Waals surface area (Å²) >= 11 is 3.67. The summed E-state index contributed by atoms with van der Waals surface area (Å²) in [5.74, 6) is 1.89. The van der Waals surface area contributed by atoms with Crippen LogP contribution in [-0.2, 0) is 4.74 Å². The Balaban J connectivity index is 1.85. The molecule has 0 radical (unpaired) electrons. The molecular weight excluding hydrogens is 320 g/mol. The number of hydrogen-bond acceptors (Lipinski definition) is 5.